The van der Waals surface area contributed by atoms with Crippen LogP contribution in [0.4, 0.5) is 4.39 Å². The number of amides is 1. The highest BCUT2D eigenvalue weighted by Crippen LogP contribution is 2.25. The third kappa shape index (κ3) is 4.86. The van der Waals surface area contributed by atoms with Crippen LogP contribution < -0.4 is 5.32 Å². The van der Waals surface area contributed by atoms with Crippen LogP contribution in [0.15, 0.2) is 48.8 Å². The number of rotatable bonds is 6. The third-order valence-electron chi connectivity index (χ3n) is 4.63. The van der Waals surface area contributed by atoms with Crippen molar-refractivity contribution < 1.29 is 9.18 Å². The van der Waals surface area contributed by atoms with Gasteiger partial charge in [0, 0.05) is 18.9 Å². The van der Waals surface area contributed by atoms with Gasteiger partial charge in [-0.25, -0.2) is 4.39 Å². The number of halogens is 1. The Kier molecular flexibility index (Phi) is 6.12. The molecule has 1 N–H and O–H groups in total. The van der Waals surface area contributed by atoms with Crippen LogP contribution in [0.1, 0.15) is 36.4 Å². The van der Waals surface area contributed by atoms with Gasteiger partial charge in [0.1, 0.15) is 11.9 Å². The molecule has 0 aliphatic carbocycles. The predicted molar refractivity (Wildman–Crippen MR) is 95.5 cm³/mol. The minimum atomic E-state index is -0.352. The summed E-state index contributed by atoms with van der Waals surface area (Å²) in [5, 5.41) is 3.04. The summed E-state index contributed by atoms with van der Waals surface area (Å²) in [6.07, 6.45) is 7.70. The minimum absolute atomic E-state index is 0.0163. The van der Waals surface area contributed by atoms with Gasteiger partial charge in [-0.2, -0.15) is 0 Å². The second-order valence-corrected chi connectivity index (χ2v) is 6.45. The Morgan fingerprint density at radius 2 is 1.92 bits per heavy atom. The molecule has 1 aliphatic heterocycles. The molecule has 1 amide bonds. The molecule has 132 valence electrons. The molecule has 1 atom stereocenters. The van der Waals surface area contributed by atoms with Gasteiger partial charge >= 0.3 is 0 Å². The monoisotopic (exact) mass is 341 g/mol. The highest BCUT2D eigenvalue weighted by atomic mass is 19.1. The molecule has 0 saturated carbocycles. The molecule has 25 heavy (non-hydrogen) atoms. The first kappa shape index (κ1) is 17.5. The molecule has 1 aromatic carbocycles. The SMILES string of the molecule is O=C(NCCc1cccnc1)C(c1ccc(F)cc1)N1CCCCC1. The molecule has 1 aromatic heterocycles. The first-order valence-corrected chi connectivity index (χ1v) is 8.90. The zero-order valence-electron chi connectivity index (χ0n) is 14.3. The Balaban J connectivity index is 1.67. The van der Waals surface area contributed by atoms with Crippen LogP contribution >= 0.6 is 0 Å². The molecule has 3 rings (SSSR count). The van der Waals surface area contributed by atoms with E-state index < -0.39 is 0 Å². The number of carbonyl (C=O) groups excluding carboxylic acids is 1. The first-order chi connectivity index (χ1) is 12.2. The zero-order valence-corrected chi connectivity index (χ0v) is 14.3. The van der Waals surface area contributed by atoms with Gasteiger partial charge in [-0.1, -0.05) is 24.6 Å². The van der Waals surface area contributed by atoms with Crippen molar-refractivity contribution in [2.45, 2.75) is 31.7 Å². The van der Waals surface area contributed by atoms with Crippen molar-refractivity contribution in [3.63, 3.8) is 0 Å². The van der Waals surface area contributed by atoms with E-state index in [4.69, 9.17) is 0 Å². The minimum Gasteiger partial charge on any atom is -0.354 e. The molecule has 0 radical (unpaired) electrons. The van der Waals surface area contributed by atoms with Crippen molar-refractivity contribution in [3.05, 3.63) is 65.7 Å². The van der Waals surface area contributed by atoms with Crippen LogP contribution in [0.25, 0.3) is 0 Å². The van der Waals surface area contributed by atoms with Gasteiger partial charge in [0.25, 0.3) is 0 Å². The average molecular weight is 341 g/mol. The molecule has 1 unspecified atom stereocenters. The number of carbonyl (C=O) groups is 1. The van der Waals surface area contributed by atoms with Gasteiger partial charge in [-0.05, 0) is 61.7 Å². The third-order valence-corrected chi connectivity index (χ3v) is 4.63. The molecular formula is C20H24FN3O. The molecular weight excluding hydrogens is 317 g/mol. The van der Waals surface area contributed by atoms with Crippen LogP contribution in [0.2, 0.25) is 0 Å². The molecule has 1 fully saturated rings. The van der Waals surface area contributed by atoms with Gasteiger partial charge in [0.05, 0.1) is 0 Å². The largest absolute Gasteiger partial charge is 0.354 e. The smallest absolute Gasteiger partial charge is 0.241 e. The summed E-state index contributed by atoms with van der Waals surface area (Å²) in [7, 11) is 0. The Bertz CT molecular complexity index is 669. The van der Waals surface area contributed by atoms with Crippen LogP contribution in [-0.2, 0) is 11.2 Å². The highest BCUT2D eigenvalue weighted by molar-refractivity contribution is 5.83. The summed E-state index contributed by atoms with van der Waals surface area (Å²) in [5.74, 6) is -0.296. The van der Waals surface area contributed by atoms with E-state index in [9.17, 15) is 9.18 Å². The lowest BCUT2D eigenvalue weighted by molar-refractivity contribution is -0.127. The van der Waals surface area contributed by atoms with E-state index >= 15 is 0 Å². The normalized spacial score (nSPS) is 16.4. The van der Waals surface area contributed by atoms with E-state index in [1.54, 1.807) is 18.3 Å². The van der Waals surface area contributed by atoms with E-state index in [2.05, 4.69) is 15.2 Å². The standard InChI is InChI=1S/C20H24FN3O/c21-18-8-6-17(7-9-18)19(24-13-2-1-3-14-24)20(25)23-12-10-16-5-4-11-22-15-16/h4-9,11,15,19H,1-3,10,12-14H2,(H,23,25). The number of benzene rings is 1. The first-order valence-electron chi connectivity index (χ1n) is 8.90. The number of pyridine rings is 1. The van der Waals surface area contributed by atoms with Gasteiger partial charge in [-0.15, -0.1) is 0 Å². The van der Waals surface area contributed by atoms with Crippen molar-refractivity contribution in [2.75, 3.05) is 19.6 Å². The lowest BCUT2D eigenvalue weighted by Gasteiger charge is -2.34. The van der Waals surface area contributed by atoms with Crippen molar-refractivity contribution in [1.82, 2.24) is 15.2 Å². The molecule has 2 heterocycles. The van der Waals surface area contributed by atoms with E-state index in [-0.39, 0.29) is 17.8 Å². The number of nitrogens with zero attached hydrogens (tertiary/aromatic N) is 2. The van der Waals surface area contributed by atoms with Crippen LogP contribution in [-0.4, -0.2) is 35.4 Å². The van der Waals surface area contributed by atoms with Crippen molar-refractivity contribution >= 4 is 5.91 Å². The van der Waals surface area contributed by atoms with Crippen LogP contribution in [0, 0.1) is 5.82 Å². The topological polar surface area (TPSA) is 45.2 Å². The molecule has 4 nitrogen and oxygen atoms in total. The maximum absolute atomic E-state index is 13.3. The Morgan fingerprint density at radius 1 is 1.16 bits per heavy atom. The zero-order chi connectivity index (χ0) is 17.5. The summed E-state index contributed by atoms with van der Waals surface area (Å²) < 4.78 is 13.3. The maximum atomic E-state index is 13.3. The Labute approximate surface area is 148 Å². The fourth-order valence-electron chi connectivity index (χ4n) is 3.32. The summed E-state index contributed by atoms with van der Waals surface area (Å²) >= 11 is 0. The van der Waals surface area contributed by atoms with E-state index in [1.807, 2.05) is 18.3 Å². The highest BCUT2D eigenvalue weighted by Gasteiger charge is 2.28. The summed E-state index contributed by atoms with van der Waals surface area (Å²) in [4.78, 5) is 19.2. The van der Waals surface area contributed by atoms with E-state index in [1.165, 1.54) is 18.6 Å². The molecule has 5 heteroatoms. The molecule has 1 aliphatic rings. The van der Waals surface area contributed by atoms with Crippen molar-refractivity contribution in [3.8, 4) is 0 Å². The molecule has 0 bridgehead atoms. The second kappa shape index (κ2) is 8.72. The number of hydrogen-bond donors (Lipinski definition) is 1. The van der Waals surface area contributed by atoms with Crippen LogP contribution in [0.3, 0.4) is 0 Å². The second-order valence-electron chi connectivity index (χ2n) is 6.45. The maximum Gasteiger partial charge on any atom is 0.241 e. The predicted octanol–water partition coefficient (Wildman–Crippen LogP) is 3.11. The number of nitrogens with one attached hydrogen (secondary N) is 1. The quantitative estimate of drug-likeness (QED) is 0.878. The van der Waals surface area contributed by atoms with Crippen LogP contribution in [0.5, 0.6) is 0 Å². The average Bonchev–Trinajstić information content (AvgIpc) is 2.65. The fraction of sp³-hybridized carbons (Fsp3) is 0.400. The van der Waals surface area contributed by atoms with Gasteiger partial charge in [-0.3, -0.25) is 14.7 Å². The van der Waals surface area contributed by atoms with E-state index in [0.29, 0.717) is 6.54 Å². The summed E-state index contributed by atoms with van der Waals surface area (Å²) in [6.45, 7) is 2.37. The van der Waals surface area contributed by atoms with Crippen molar-refractivity contribution in [1.29, 1.82) is 0 Å². The number of likely N-dealkylation sites (tertiary alicyclic amines) is 1. The number of aromatic nitrogens is 1. The molecule has 0 spiro atoms. The fourth-order valence-corrected chi connectivity index (χ4v) is 3.32. The number of piperidine rings is 1. The molecule has 2 aromatic rings. The Hall–Kier alpha value is -2.27. The van der Waals surface area contributed by atoms with Gasteiger partial charge in [0.2, 0.25) is 5.91 Å². The molecule has 1 saturated heterocycles. The van der Waals surface area contributed by atoms with Gasteiger partial charge in [0.15, 0.2) is 0 Å². The van der Waals surface area contributed by atoms with E-state index in [0.717, 1.165) is 43.5 Å². The van der Waals surface area contributed by atoms with Gasteiger partial charge < -0.3 is 5.32 Å². The summed E-state index contributed by atoms with van der Waals surface area (Å²) in [6, 6.07) is 9.83. The number of hydrogen-bond acceptors (Lipinski definition) is 3. The lowest BCUT2D eigenvalue weighted by atomic mass is 10.0. The lowest BCUT2D eigenvalue weighted by Crippen LogP contribution is -2.43. The summed E-state index contributed by atoms with van der Waals surface area (Å²) in [5.41, 5.74) is 1.95. The Morgan fingerprint density at radius 3 is 2.60 bits per heavy atom. The van der Waals surface area contributed by atoms with Crippen molar-refractivity contribution in [2.24, 2.45) is 0 Å².